The summed E-state index contributed by atoms with van der Waals surface area (Å²) in [4.78, 5) is 0. The number of sulfonamides is 2. The van der Waals surface area contributed by atoms with Crippen LogP contribution < -0.4 is 0 Å². The van der Waals surface area contributed by atoms with Crippen LogP contribution in [0, 0.1) is 5.92 Å². The summed E-state index contributed by atoms with van der Waals surface area (Å²) in [5, 5.41) is 0. The molecule has 0 amide bonds. The SMILES string of the molecule is CO[Si](CC[N+]1(CC(C)C)CCCC1)(OC)OC.O=S(=O)([N-]S(=O)(=O)C(F)(F)F)C(F)(F)F. The molecule has 0 atom stereocenters. The second-order valence-corrected chi connectivity index (χ2v) is 14.3. The summed E-state index contributed by atoms with van der Waals surface area (Å²) < 4.78 is 127. The molecule has 1 saturated heterocycles. The van der Waals surface area contributed by atoms with Crippen molar-refractivity contribution in [2.75, 3.05) is 47.5 Å². The summed E-state index contributed by atoms with van der Waals surface area (Å²) in [5.74, 6) is 0.742. The van der Waals surface area contributed by atoms with E-state index in [2.05, 4.69) is 13.8 Å². The molecule has 1 rings (SSSR count). The van der Waals surface area contributed by atoms with Crippen molar-refractivity contribution >= 4 is 28.9 Å². The third-order valence-corrected chi connectivity index (χ3v) is 10.3. The molecule has 0 aromatic rings. The van der Waals surface area contributed by atoms with Crippen molar-refractivity contribution in [2.45, 2.75) is 43.7 Å². The van der Waals surface area contributed by atoms with Crippen LogP contribution >= 0.6 is 0 Å². The third kappa shape index (κ3) is 9.58. The molecule has 0 spiro atoms. The van der Waals surface area contributed by atoms with Gasteiger partial charge in [0, 0.05) is 40.1 Å². The minimum absolute atomic E-state index is 0.742. The largest absolute Gasteiger partial charge is 0.505 e. The van der Waals surface area contributed by atoms with Gasteiger partial charge >= 0.3 is 19.8 Å². The Morgan fingerprint density at radius 2 is 1.21 bits per heavy atom. The van der Waals surface area contributed by atoms with Crippen LogP contribution in [-0.2, 0) is 33.3 Å². The number of likely N-dealkylation sites (tertiary alicyclic amines) is 1. The van der Waals surface area contributed by atoms with Gasteiger partial charge in [-0.2, -0.15) is 26.3 Å². The minimum atomic E-state index is -6.72. The summed E-state index contributed by atoms with van der Waals surface area (Å²) in [5.41, 5.74) is -12.4. The molecule has 33 heavy (non-hydrogen) atoms. The van der Waals surface area contributed by atoms with Gasteiger partial charge in [-0.1, -0.05) is 13.8 Å². The molecule has 0 saturated carbocycles. The van der Waals surface area contributed by atoms with Gasteiger partial charge in [-0.05, 0) is 0 Å². The van der Waals surface area contributed by atoms with Crippen LogP contribution in [0.25, 0.3) is 4.13 Å². The Balaban J connectivity index is 0.000000633. The van der Waals surface area contributed by atoms with E-state index in [4.69, 9.17) is 13.3 Å². The Hall–Kier alpha value is -0.503. The van der Waals surface area contributed by atoms with Gasteiger partial charge in [-0.3, -0.25) is 0 Å². The van der Waals surface area contributed by atoms with Crippen molar-refractivity contribution in [1.29, 1.82) is 0 Å². The van der Waals surface area contributed by atoms with E-state index >= 15 is 0 Å². The van der Waals surface area contributed by atoms with Crippen molar-refractivity contribution in [3.63, 3.8) is 0 Å². The van der Waals surface area contributed by atoms with Crippen molar-refractivity contribution in [3.8, 4) is 0 Å². The molecule has 1 aliphatic rings. The Bertz CT molecular complexity index is 759. The number of hydrogen-bond donors (Lipinski definition) is 0. The van der Waals surface area contributed by atoms with Crippen LogP contribution in [0.4, 0.5) is 26.3 Å². The fraction of sp³-hybridized carbons (Fsp3) is 1.00. The number of nitrogens with zero attached hydrogens (tertiary/aromatic N) is 2. The molecular formula is C15H30F6N2O7S2Si. The zero-order chi connectivity index (χ0) is 26.4. The van der Waals surface area contributed by atoms with E-state index in [0.717, 1.165) is 22.6 Å². The molecule has 9 nitrogen and oxygen atoms in total. The topological polar surface area (TPSA) is 110 Å². The first kappa shape index (κ1) is 32.5. The average Bonchev–Trinajstić information content (AvgIpc) is 3.09. The maximum absolute atomic E-state index is 11.4. The lowest BCUT2D eigenvalue weighted by Gasteiger charge is -2.37. The summed E-state index contributed by atoms with van der Waals surface area (Å²) in [6.07, 6.45) is 2.71. The molecule has 0 unspecified atom stereocenters. The molecule has 1 heterocycles. The Labute approximate surface area is 191 Å². The normalized spacial score (nSPS) is 17.7. The van der Waals surface area contributed by atoms with E-state index in [0.29, 0.717) is 0 Å². The van der Waals surface area contributed by atoms with Crippen molar-refractivity contribution in [2.24, 2.45) is 5.92 Å². The maximum Gasteiger partial charge on any atom is 0.505 e. The zero-order valence-corrected chi connectivity index (χ0v) is 21.5. The van der Waals surface area contributed by atoms with E-state index in [-0.39, 0.29) is 0 Å². The lowest BCUT2D eigenvalue weighted by atomic mass is 10.2. The third-order valence-electron chi connectivity index (χ3n) is 4.87. The summed E-state index contributed by atoms with van der Waals surface area (Å²) in [7, 11) is -10.7. The molecule has 0 N–H and O–H groups in total. The Kier molecular flexibility index (Phi) is 11.8. The first-order valence-electron chi connectivity index (χ1n) is 9.59. The van der Waals surface area contributed by atoms with E-state index in [1.165, 1.54) is 37.0 Å². The smallest absolute Gasteiger partial charge is 0.421 e. The van der Waals surface area contributed by atoms with E-state index in [1.54, 1.807) is 21.3 Å². The monoisotopic (exact) mass is 556 g/mol. The van der Waals surface area contributed by atoms with Crippen molar-refractivity contribution in [1.82, 2.24) is 0 Å². The molecule has 0 aromatic carbocycles. The predicted octanol–water partition coefficient (Wildman–Crippen LogP) is 3.19. The number of hydrogen-bond acceptors (Lipinski definition) is 7. The highest BCUT2D eigenvalue weighted by Gasteiger charge is 2.47. The molecule has 1 aliphatic heterocycles. The second-order valence-electron chi connectivity index (χ2n) is 7.76. The van der Waals surface area contributed by atoms with Crippen molar-refractivity contribution < 1.29 is 60.9 Å². The lowest BCUT2D eigenvalue weighted by molar-refractivity contribution is -0.917. The van der Waals surface area contributed by atoms with Crippen LogP contribution in [-0.4, -0.2) is 88.6 Å². The highest BCUT2D eigenvalue weighted by atomic mass is 32.3. The van der Waals surface area contributed by atoms with Gasteiger partial charge in [0.1, 0.15) is 0 Å². The fourth-order valence-electron chi connectivity index (χ4n) is 3.42. The van der Waals surface area contributed by atoms with Gasteiger partial charge in [-0.25, -0.2) is 16.8 Å². The van der Waals surface area contributed by atoms with Crippen LogP contribution in [0.5, 0.6) is 0 Å². The Morgan fingerprint density at radius 1 is 0.848 bits per heavy atom. The minimum Gasteiger partial charge on any atom is -0.421 e. The highest BCUT2D eigenvalue weighted by molar-refractivity contribution is 8.13. The first-order chi connectivity index (χ1) is 14.7. The van der Waals surface area contributed by atoms with Crippen LogP contribution in [0.15, 0.2) is 0 Å². The number of halogens is 6. The molecule has 0 bridgehead atoms. The van der Waals surface area contributed by atoms with Gasteiger partial charge in [0.2, 0.25) is 0 Å². The van der Waals surface area contributed by atoms with Crippen LogP contribution in [0.3, 0.4) is 0 Å². The van der Waals surface area contributed by atoms with Crippen molar-refractivity contribution in [3.05, 3.63) is 4.13 Å². The second kappa shape index (κ2) is 12.0. The first-order valence-corrected chi connectivity index (χ1v) is 14.4. The van der Waals surface area contributed by atoms with Gasteiger partial charge in [0.25, 0.3) is 0 Å². The fourth-order valence-corrected chi connectivity index (χ4v) is 6.99. The van der Waals surface area contributed by atoms with Gasteiger partial charge < -0.3 is 21.9 Å². The predicted molar refractivity (Wildman–Crippen MR) is 109 cm³/mol. The Morgan fingerprint density at radius 3 is 1.48 bits per heavy atom. The number of quaternary nitrogens is 1. The highest BCUT2D eigenvalue weighted by Crippen LogP contribution is 2.36. The van der Waals surface area contributed by atoms with E-state index < -0.39 is 39.9 Å². The quantitative estimate of drug-likeness (QED) is 0.231. The number of alkyl halides is 6. The van der Waals surface area contributed by atoms with Crippen LogP contribution in [0.1, 0.15) is 26.7 Å². The standard InChI is InChI=1S/C13H30NO3Si.C2F6NO4S2/c1-13(2)12-14(8-6-7-9-14)10-11-18(15-3,16-4)17-5;3-1(4,5)14(10,11)9-15(12,13)2(6,7)8/h13H,6-12H2,1-5H3;/q+1;-1. The van der Waals surface area contributed by atoms with Gasteiger partial charge in [-0.15, -0.1) is 0 Å². The molecular weight excluding hydrogens is 526 g/mol. The summed E-state index contributed by atoms with van der Waals surface area (Å²) in [6, 6.07) is 0.920. The van der Waals surface area contributed by atoms with Gasteiger partial charge in [0.15, 0.2) is 20.0 Å². The average molecular weight is 557 g/mol. The molecule has 1 fully saturated rings. The van der Waals surface area contributed by atoms with E-state index in [9.17, 15) is 43.2 Å². The molecule has 0 aromatic heterocycles. The van der Waals surface area contributed by atoms with Gasteiger partial charge in [0.05, 0.1) is 32.2 Å². The lowest BCUT2D eigenvalue weighted by Crippen LogP contribution is -2.53. The maximum atomic E-state index is 11.4. The van der Waals surface area contributed by atoms with Crippen LogP contribution in [0.2, 0.25) is 6.04 Å². The van der Waals surface area contributed by atoms with E-state index in [1.807, 2.05) is 0 Å². The summed E-state index contributed by atoms with van der Waals surface area (Å²) >= 11 is 0. The molecule has 0 radical (unpaired) electrons. The molecule has 0 aliphatic carbocycles. The summed E-state index contributed by atoms with van der Waals surface area (Å²) in [6.45, 7) is 9.62. The molecule has 18 heteroatoms. The molecule has 200 valence electrons. The zero-order valence-electron chi connectivity index (χ0n) is 18.9. The number of rotatable bonds is 10.